The molecule has 41 heavy (non-hydrogen) atoms. The van der Waals surface area contributed by atoms with E-state index in [2.05, 4.69) is 10.6 Å². The predicted molar refractivity (Wildman–Crippen MR) is 146 cm³/mol. The van der Waals surface area contributed by atoms with Gasteiger partial charge < -0.3 is 20.5 Å². The van der Waals surface area contributed by atoms with Crippen LogP contribution in [0.4, 0.5) is 18.0 Å². The van der Waals surface area contributed by atoms with Crippen LogP contribution in [-0.4, -0.2) is 41.8 Å². The number of ether oxygens (including phenoxy) is 1. The van der Waals surface area contributed by atoms with Gasteiger partial charge in [-0.25, -0.2) is 9.59 Å². The lowest BCUT2D eigenvalue weighted by Gasteiger charge is -2.23. The number of carbonyl (C=O) groups excluding carboxylic acids is 2. The van der Waals surface area contributed by atoms with Crippen molar-refractivity contribution in [1.29, 1.82) is 0 Å². The molecule has 1 aliphatic carbocycles. The minimum Gasteiger partial charge on any atom is -0.480 e. The van der Waals surface area contributed by atoms with Crippen molar-refractivity contribution in [3.63, 3.8) is 0 Å². The van der Waals surface area contributed by atoms with E-state index in [9.17, 15) is 32.7 Å². The van der Waals surface area contributed by atoms with Crippen LogP contribution in [0.15, 0.2) is 72.8 Å². The van der Waals surface area contributed by atoms with Crippen LogP contribution < -0.4 is 10.6 Å². The second-order valence-electron chi connectivity index (χ2n) is 10.5. The standard InChI is InChI=1S/C31H31F3N2O5/c1-18(2)15-26(28(37)35-27(29(38)39)16-19-11-13-20(14-12-19)31(32,33)34)36-30(40)41-17-25-23-9-5-3-7-21(23)22-8-4-6-10-24(22)25/h3-14,18,25-27H,15-17H2,1-2H3,(H,35,37)(H,36,40)(H,38,39)/t26-,27-/m0/s1. The number of hydrogen-bond donors (Lipinski definition) is 3. The molecule has 0 aliphatic heterocycles. The highest BCUT2D eigenvalue weighted by Crippen LogP contribution is 2.44. The number of benzene rings is 3. The number of rotatable bonds is 10. The van der Waals surface area contributed by atoms with Crippen molar-refractivity contribution in [3.8, 4) is 11.1 Å². The van der Waals surface area contributed by atoms with E-state index in [1.54, 1.807) is 0 Å². The first-order valence-electron chi connectivity index (χ1n) is 13.2. The predicted octanol–water partition coefficient (Wildman–Crippen LogP) is 5.77. The Balaban J connectivity index is 1.40. The molecule has 216 valence electrons. The number of carbonyl (C=O) groups is 3. The highest BCUT2D eigenvalue weighted by molar-refractivity contribution is 5.89. The number of carboxylic acid groups (broad SMARTS) is 1. The van der Waals surface area contributed by atoms with Gasteiger partial charge in [0.05, 0.1) is 5.56 Å². The number of amides is 2. The summed E-state index contributed by atoms with van der Waals surface area (Å²) in [7, 11) is 0. The number of carboxylic acids is 1. The smallest absolute Gasteiger partial charge is 0.416 e. The van der Waals surface area contributed by atoms with Crippen molar-refractivity contribution in [2.45, 2.75) is 50.9 Å². The molecule has 3 aromatic carbocycles. The number of hydrogen-bond acceptors (Lipinski definition) is 4. The van der Waals surface area contributed by atoms with E-state index in [0.717, 1.165) is 34.4 Å². The monoisotopic (exact) mass is 568 g/mol. The Hall–Kier alpha value is -4.34. The lowest BCUT2D eigenvalue weighted by Crippen LogP contribution is -2.52. The van der Waals surface area contributed by atoms with Crippen LogP contribution in [0.5, 0.6) is 0 Å². The third kappa shape index (κ3) is 7.25. The molecular weight excluding hydrogens is 537 g/mol. The lowest BCUT2D eigenvalue weighted by molar-refractivity contribution is -0.142. The molecule has 2 atom stereocenters. The van der Waals surface area contributed by atoms with Crippen LogP contribution in [0.1, 0.15) is 48.4 Å². The fourth-order valence-electron chi connectivity index (χ4n) is 5.02. The summed E-state index contributed by atoms with van der Waals surface area (Å²) in [6, 6.07) is 17.3. The molecule has 0 fully saturated rings. The highest BCUT2D eigenvalue weighted by atomic mass is 19.4. The van der Waals surface area contributed by atoms with Gasteiger partial charge in [-0.1, -0.05) is 74.5 Å². The van der Waals surface area contributed by atoms with E-state index in [4.69, 9.17) is 4.74 Å². The van der Waals surface area contributed by atoms with Crippen LogP contribution in [0, 0.1) is 5.92 Å². The number of halogens is 3. The minimum atomic E-state index is -4.52. The number of fused-ring (bicyclic) bond motifs is 3. The number of nitrogens with one attached hydrogen (secondary N) is 2. The first-order chi connectivity index (χ1) is 19.4. The lowest BCUT2D eigenvalue weighted by atomic mass is 9.98. The third-order valence-electron chi connectivity index (χ3n) is 7.00. The largest absolute Gasteiger partial charge is 0.480 e. The molecule has 0 unspecified atom stereocenters. The zero-order chi connectivity index (χ0) is 29.7. The molecule has 10 heteroatoms. The molecule has 0 heterocycles. The Bertz CT molecular complexity index is 1360. The average Bonchev–Trinajstić information content (AvgIpc) is 3.24. The molecule has 3 aromatic rings. The third-order valence-corrected chi connectivity index (χ3v) is 7.00. The molecule has 7 nitrogen and oxygen atoms in total. The number of alkyl carbamates (subject to hydrolysis) is 1. The molecule has 0 aromatic heterocycles. The van der Waals surface area contributed by atoms with Gasteiger partial charge in [0, 0.05) is 12.3 Å². The summed E-state index contributed by atoms with van der Waals surface area (Å²) in [4.78, 5) is 37.8. The van der Waals surface area contributed by atoms with Gasteiger partial charge in [-0.15, -0.1) is 0 Å². The van der Waals surface area contributed by atoms with E-state index in [1.165, 1.54) is 12.1 Å². The minimum absolute atomic E-state index is 0.0298. The molecule has 0 bridgehead atoms. The Morgan fingerprint density at radius 2 is 1.41 bits per heavy atom. The Morgan fingerprint density at radius 3 is 1.93 bits per heavy atom. The zero-order valence-electron chi connectivity index (χ0n) is 22.6. The van der Waals surface area contributed by atoms with E-state index >= 15 is 0 Å². The summed E-state index contributed by atoms with van der Waals surface area (Å²) in [5.74, 6) is -2.29. The molecule has 2 amide bonds. The van der Waals surface area contributed by atoms with Gasteiger partial charge >= 0.3 is 18.2 Å². The zero-order valence-corrected chi connectivity index (χ0v) is 22.6. The van der Waals surface area contributed by atoms with Crippen LogP contribution in [0.3, 0.4) is 0 Å². The first kappa shape index (κ1) is 29.6. The molecule has 0 saturated heterocycles. The van der Waals surface area contributed by atoms with Crippen LogP contribution in [0.25, 0.3) is 11.1 Å². The van der Waals surface area contributed by atoms with Gasteiger partial charge in [0.25, 0.3) is 0 Å². The molecule has 0 saturated carbocycles. The number of alkyl halides is 3. The molecule has 1 aliphatic rings. The molecule has 4 rings (SSSR count). The van der Waals surface area contributed by atoms with Gasteiger partial charge in [0.15, 0.2) is 0 Å². The van der Waals surface area contributed by atoms with Crippen LogP contribution >= 0.6 is 0 Å². The summed E-state index contributed by atoms with van der Waals surface area (Å²) in [6.07, 6.45) is -5.36. The normalized spacial score (nSPS) is 14.1. The van der Waals surface area contributed by atoms with Crippen LogP contribution in [-0.2, 0) is 26.9 Å². The Kier molecular flexibility index (Phi) is 9.00. The van der Waals surface area contributed by atoms with Crippen molar-refractivity contribution in [2.75, 3.05) is 6.61 Å². The maximum Gasteiger partial charge on any atom is 0.416 e. The van der Waals surface area contributed by atoms with Gasteiger partial charge in [0.2, 0.25) is 5.91 Å². The van der Waals surface area contributed by atoms with Crippen molar-refractivity contribution in [1.82, 2.24) is 10.6 Å². The molecular formula is C31H31F3N2O5. The van der Waals surface area contributed by atoms with E-state index in [-0.39, 0.29) is 31.3 Å². The number of aliphatic carboxylic acids is 1. The summed E-state index contributed by atoms with van der Waals surface area (Å²) >= 11 is 0. The Labute approximate surface area is 235 Å². The van der Waals surface area contributed by atoms with Gasteiger partial charge in [0.1, 0.15) is 18.7 Å². The highest BCUT2D eigenvalue weighted by Gasteiger charge is 2.32. The second-order valence-corrected chi connectivity index (χ2v) is 10.5. The van der Waals surface area contributed by atoms with E-state index < -0.39 is 41.8 Å². The maximum absolute atomic E-state index is 13.1. The van der Waals surface area contributed by atoms with Gasteiger partial charge in [-0.2, -0.15) is 13.2 Å². The Morgan fingerprint density at radius 1 is 0.854 bits per heavy atom. The summed E-state index contributed by atoms with van der Waals surface area (Å²) in [6.45, 7) is 3.73. The first-order valence-corrected chi connectivity index (χ1v) is 13.2. The van der Waals surface area contributed by atoms with Crippen molar-refractivity contribution >= 4 is 18.0 Å². The maximum atomic E-state index is 13.1. The molecule has 0 spiro atoms. The van der Waals surface area contributed by atoms with Crippen molar-refractivity contribution in [3.05, 3.63) is 95.1 Å². The van der Waals surface area contributed by atoms with Gasteiger partial charge in [-0.3, -0.25) is 4.79 Å². The topological polar surface area (TPSA) is 105 Å². The van der Waals surface area contributed by atoms with Gasteiger partial charge in [-0.05, 0) is 52.3 Å². The fourth-order valence-corrected chi connectivity index (χ4v) is 5.02. The van der Waals surface area contributed by atoms with Crippen molar-refractivity contribution < 1.29 is 37.4 Å². The fraction of sp³-hybridized carbons (Fsp3) is 0.323. The second kappa shape index (κ2) is 12.4. The van der Waals surface area contributed by atoms with E-state index in [1.807, 2.05) is 62.4 Å². The molecule has 0 radical (unpaired) electrons. The SMILES string of the molecule is CC(C)C[C@H](NC(=O)OCC1c2ccccc2-c2ccccc21)C(=O)N[C@@H](Cc1ccc(C(F)(F)F)cc1)C(=O)O. The summed E-state index contributed by atoms with van der Waals surface area (Å²) in [5.41, 5.74) is 3.65. The van der Waals surface area contributed by atoms with Crippen molar-refractivity contribution in [2.24, 2.45) is 5.92 Å². The van der Waals surface area contributed by atoms with Crippen LogP contribution in [0.2, 0.25) is 0 Å². The van der Waals surface area contributed by atoms with E-state index in [0.29, 0.717) is 5.56 Å². The summed E-state index contributed by atoms with van der Waals surface area (Å²) < 4.78 is 44.1. The average molecular weight is 569 g/mol. The quantitative estimate of drug-likeness (QED) is 0.288. The summed E-state index contributed by atoms with van der Waals surface area (Å²) in [5, 5.41) is 14.6. The molecule has 3 N–H and O–H groups in total.